The summed E-state index contributed by atoms with van der Waals surface area (Å²) in [5.74, 6) is 1.45. The van der Waals surface area contributed by atoms with Crippen molar-refractivity contribution in [1.29, 1.82) is 0 Å². The molecular formula is C20H34O2. The van der Waals surface area contributed by atoms with Crippen LogP contribution < -0.4 is 0 Å². The molecule has 0 unspecified atom stereocenters. The van der Waals surface area contributed by atoms with E-state index in [1.165, 1.54) is 38.5 Å². The van der Waals surface area contributed by atoms with Crippen molar-refractivity contribution in [2.45, 2.75) is 85.5 Å². The van der Waals surface area contributed by atoms with Gasteiger partial charge in [-0.2, -0.15) is 0 Å². The van der Waals surface area contributed by atoms with E-state index in [-0.39, 0.29) is 5.41 Å². The lowest BCUT2D eigenvalue weighted by Crippen LogP contribution is -2.56. The van der Waals surface area contributed by atoms with Gasteiger partial charge in [-0.05, 0) is 80.5 Å². The zero-order chi connectivity index (χ0) is 16.2. The summed E-state index contributed by atoms with van der Waals surface area (Å²) in [6.45, 7) is 9.30. The third-order valence-electron chi connectivity index (χ3n) is 8.37. The first-order chi connectivity index (χ1) is 10.3. The van der Waals surface area contributed by atoms with Gasteiger partial charge in [0.05, 0.1) is 5.41 Å². The predicted molar refractivity (Wildman–Crippen MR) is 89.7 cm³/mol. The van der Waals surface area contributed by atoms with E-state index in [2.05, 4.69) is 20.8 Å². The van der Waals surface area contributed by atoms with Crippen LogP contribution in [0.25, 0.3) is 0 Å². The van der Waals surface area contributed by atoms with Gasteiger partial charge in [0.25, 0.3) is 0 Å². The Kier molecular flexibility index (Phi) is 3.89. The molecule has 3 rings (SSSR count). The smallest absolute Gasteiger partial charge is 0.309 e. The molecule has 3 saturated carbocycles. The van der Waals surface area contributed by atoms with Gasteiger partial charge < -0.3 is 5.11 Å². The van der Waals surface area contributed by atoms with Crippen LogP contribution in [0.4, 0.5) is 0 Å². The van der Waals surface area contributed by atoms with Crippen LogP contribution >= 0.6 is 0 Å². The highest BCUT2D eigenvalue weighted by Crippen LogP contribution is 2.65. The quantitative estimate of drug-likeness (QED) is 0.730. The summed E-state index contributed by atoms with van der Waals surface area (Å²) >= 11 is 0. The van der Waals surface area contributed by atoms with E-state index >= 15 is 0 Å². The highest BCUT2D eigenvalue weighted by molar-refractivity contribution is 5.75. The molecule has 3 aliphatic carbocycles. The summed E-state index contributed by atoms with van der Waals surface area (Å²) in [5, 5.41) is 9.87. The second-order valence-corrected chi connectivity index (χ2v) is 9.49. The Morgan fingerprint density at radius 3 is 2.45 bits per heavy atom. The molecule has 126 valence electrons. The van der Waals surface area contributed by atoms with Crippen molar-refractivity contribution < 1.29 is 9.90 Å². The lowest BCUT2D eigenvalue weighted by Gasteiger charge is -2.61. The molecule has 0 saturated heterocycles. The van der Waals surface area contributed by atoms with Gasteiger partial charge in [-0.1, -0.05) is 33.6 Å². The topological polar surface area (TPSA) is 37.3 Å². The molecule has 0 heterocycles. The molecule has 0 aromatic rings. The van der Waals surface area contributed by atoms with E-state index in [0.717, 1.165) is 31.1 Å². The van der Waals surface area contributed by atoms with Crippen molar-refractivity contribution in [3.63, 3.8) is 0 Å². The van der Waals surface area contributed by atoms with Crippen molar-refractivity contribution in [3.05, 3.63) is 0 Å². The summed E-state index contributed by atoms with van der Waals surface area (Å²) in [6.07, 6.45) is 11.0. The minimum Gasteiger partial charge on any atom is -0.481 e. The van der Waals surface area contributed by atoms with E-state index < -0.39 is 11.4 Å². The Morgan fingerprint density at radius 1 is 1.09 bits per heavy atom. The molecule has 2 heteroatoms. The molecule has 22 heavy (non-hydrogen) atoms. The van der Waals surface area contributed by atoms with Crippen molar-refractivity contribution >= 4 is 5.97 Å². The van der Waals surface area contributed by atoms with E-state index in [1.807, 2.05) is 6.92 Å². The van der Waals surface area contributed by atoms with Crippen molar-refractivity contribution in [3.8, 4) is 0 Å². The predicted octanol–water partition coefficient (Wildman–Crippen LogP) is 5.51. The SMILES string of the molecule is CC[C@@]1(C)CC[C@H]2[C@@H](CC[C@@H]3[C@]2(C)CCC[C@@]3(C)C(=O)O)C1. The van der Waals surface area contributed by atoms with Crippen molar-refractivity contribution in [2.75, 3.05) is 0 Å². The third-order valence-corrected chi connectivity index (χ3v) is 8.37. The molecule has 0 bridgehead atoms. The molecule has 3 fully saturated rings. The van der Waals surface area contributed by atoms with Gasteiger partial charge in [0.2, 0.25) is 0 Å². The third kappa shape index (κ3) is 2.24. The molecule has 3 aliphatic rings. The van der Waals surface area contributed by atoms with E-state index in [1.54, 1.807) is 0 Å². The molecule has 0 aromatic heterocycles. The van der Waals surface area contributed by atoms with Crippen LogP contribution in [0.1, 0.15) is 85.5 Å². The molecule has 0 radical (unpaired) electrons. The van der Waals surface area contributed by atoms with Crippen molar-refractivity contribution in [2.24, 2.45) is 34.0 Å². The van der Waals surface area contributed by atoms with Gasteiger partial charge in [-0.3, -0.25) is 4.79 Å². The summed E-state index contributed by atoms with van der Waals surface area (Å²) in [5.41, 5.74) is 0.321. The number of carbonyl (C=O) groups is 1. The Bertz CT molecular complexity index is 459. The fraction of sp³-hybridized carbons (Fsp3) is 0.950. The van der Waals surface area contributed by atoms with Crippen LogP contribution in [-0.2, 0) is 4.79 Å². The first-order valence-electron chi connectivity index (χ1n) is 9.48. The maximum atomic E-state index is 12.0. The molecular weight excluding hydrogens is 272 g/mol. The summed E-state index contributed by atoms with van der Waals surface area (Å²) < 4.78 is 0. The monoisotopic (exact) mass is 306 g/mol. The molecule has 2 nitrogen and oxygen atoms in total. The maximum Gasteiger partial charge on any atom is 0.309 e. The van der Waals surface area contributed by atoms with E-state index in [0.29, 0.717) is 11.3 Å². The highest BCUT2D eigenvalue weighted by atomic mass is 16.4. The number of carboxylic acids is 1. The van der Waals surface area contributed by atoms with Gasteiger partial charge in [0.1, 0.15) is 0 Å². The van der Waals surface area contributed by atoms with Gasteiger partial charge >= 0.3 is 5.97 Å². The first kappa shape index (κ1) is 16.3. The number of carboxylic acid groups (broad SMARTS) is 1. The Morgan fingerprint density at radius 2 is 1.82 bits per heavy atom. The molecule has 1 N–H and O–H groups in total. The average molecular weight is 306 g/mol. The number of rotatable bonds is 2. The number of hydrogen-bond donors (Lipinski definition) is 1. The van der Waals surface area contributed by atoms with E-state index in [9.17, 15) is 9.90 Å². The minimum absolute atomic E-state index is 0.267. The second-order valence-electron chi connectivity index (χ2n) is 9.49. The van der Waals surface area contributed by atoms with Crippen LogP contribution in [0.15, 0.2) is 0 Å². The molecule has 0 amide bonds. The first-order valence-corrected chi connectivity index (χ1v) is 9.48. The zero-order valence-electron chi connectivity index (χ0n) is 15.0. The molecule has 6 atom stereocenters. The molecule has 0 aromatic carbocycles. The number of aliphatic carboxylic acids is 1. The Balaban J connectivity index is 1.89. The maximum absolute atomic E-state index is 12.0. The lowest BCUT2D eigenvalue weighted by molar-refractivity contribution is -0.174. The van der Waals surface area contributed by atoms with Crippen LogP contribution in [0.2, 0.25) is 0 Å². The zero-order valence-corrected chi connectivity index (χ0v) is 15.0. The number of hydrogen-bond acceptors (Lipinski definition) is 1. The standard InChI is InChI=1S/C20H34O2/c1-5-18(2)12-9-15-14(13-18)7-8-16-19(15,3)10-6-11-20(16,4)17(21)22/h14-16H,5-13H2,1-4H3,(H,21,22)/t14-,15-,16+,18-,19+,20+/m0/s1. The van der Waals surface area contributed by atoms with Crippen LogP contribution in [0, 0.1) is 34.0 Å². The van der Waals surface area contributed by atoms with E-state index in [4.69, 9.17) is 0 Å². The average Bonchev–Trinajstić information content (AvgIpc) is 2.46. The van der Waals surface area contributed by atoms with Crippen LogP contribution in [-0.4, -0.2) is 11.1 Å². The van der Waals surface area contributed by atoms with Crippen molar-refractivity contribution in [1.82, 2.24) is 0 Å². The van der Waals surface area contributed by atoms with Gasteiger partial charge in [0, 0.05) is 0 Å². The van der Waals surface area contributed by atoms with Crippen LogP contribution in [0.3, 0.4) is 0 Å². The Hall–Kier alpha value is -0.530. The van der Waals surface area contributed by atoms with Gasteiger partial charge in [-0.15, -0.1) is 0 Å². The number of fused-ring (bicyclic) bond motifs is 3. The second kappa shape index (κ2) is 5.24. The normalized spacial score (nSPS) is 51.7. The fourth-order valence-electron chi connectivity index (χ4n) is 6.75. The summed E-state index contributed by atoms with van der Waals surface area (Å²) in [6, 6.07) is 0. The lowest BCUT2D eigenvalue weighted by atomic mass is 9.43. The Labute approximate surface area is 136 Å². The fourth-order valence-corrected chi connectivity index (χ4v) is 6.75. The molecule has 0 spiro atoms. The largest absolute Gasteiger partial charge is 0.481 e. The molecule has 0 aliphatic heterocycles. The summed E-state index contributed by atoms with van der Waals surface area (Å²) in [4.78, 5) is 12.0. The minimum atomic E-state index is -0.545. The van der Waals surface area contributed by atoms with Gasteiger partial charge in [0.15, 0.2) is 0 Å². The van der Waals surface area contributed by atoms with Gasteiger partial charge in [-0.25, -0.2) is 0 Å². The summed E-state index contributed by atoms with van der Waals surface area (Å²) in [7, 11) is 0. The highest BCUT2D eigenvalue weighted by Gasteiger charge is 2.59. The van der Waals surface area contributed by atoms with Crippen LogP contribution in [0.5, 0.6) is 0 Å².